The number of carbonyl (C=O) groups excluding carboxylic acids is 1. The van der Waals surface area contributed by atoms with Crippen molar-refractivity contribution < 1.29 is 19.9 Å². The molecule has 0 aliphatic carbocycles. The van der Waals surface area contributed by atoms with E-state index in [9.17, 15) is 24.4 Å². The van der Waals surface area contributed by atoms with Crippen molar-refractivity contribution in [2.24, 2.45) is 7.05 Å². The third kappa shape index (κ3) is 4.52. The van der Waals surface area contributed by atoms with E-state index < -0.39 is 17.2 Å². The van der Waals surface area contributed by atoms with E-state index in [-0.39, 0.29) is 35.5 Å². The molecule has 0 unspecified atom stereocenters. The lowest BCUT2D eigenvalue weighted by Gasteiger charge is -2.16. The molecule has 0 saturated heterocycles. The van der Waals surface area contributed by atoms with Gasteiger partial charge in [-0.3, -0.25) is 29.0 Å². The molecule has 3 N–H and O–H groups in total. The summed E-state index contributed by atoms with van der Waals surface area (Å²) in [4.78, 5) is 49.7. The van der Waals surface area contributed by atoms with E-state index in [0.29, 0.717) is 17.6 Å². The normalized spacial score (nSPS) is 13.1. The molecule has 10 nitrogen and oxygen atoms in total. The molecule has 174 valence electrons. The summed E-state index contributed by atoms with van der Waals surface area (Å²) >= 11 is 0. The summed E-state index contributed by atoms with van der Waals surface area (Å²) in [5.41, 5.74) is 1.12. The minimum Gasteiger partial charge on any atom is -0.478 e. The van der Waals surface area contributed by atoms with E-state index in [2.05, 4.69) is 5.32 Å². The zero-order valence-corrected chi connectivity index (χ0v) is 18.3. The molecule has 1 aromatic heterocycles. The minimum atomic E-state index is -1.07. The number of nitrogens with zero attached hydrogens (tertiary/aromatic N) is 3. The number of nitrogens with one attached hydrogen (secondary N) is 1. The van der Waals surface area contributed by atoms with E-state index in [1.54, 1.807) is 43.5 Å². The number of aromatic nitrogens is 2. The van der Waals surface area contributed by atoms with Gasteiger partial charge in [0.05, 0.1) is 29.6 Å². The number of benzene rings is 2. The van der Waals surface area contributed by atoms with Crippen molar-refractivity contribution in [2.45, 2.75) is 6.54 Å². The molecule has 10 heteroatoms. The number of aryl methyl sites for hydroxylation is 1. The fourth-order valence-electron chi connectivity index (χ4n) is 3.67. The predicted molar refractivity (Wildman–Crippen MR) is 124 cm³/mol. The van der Waals surface area contributed by atoms with Crippen LogP contribution in [0.1, 0.15) is 26.3 Å². The first-order chi connectivity index (χ1) is 16.2. The standard InChI is InChI=1S/C24H22N4O6/c1-26-20-7-6-18(21(29)25-13-15-8-10-27(34)11-9-15)12-19(20)22(30)28(24(26)33)14-16-2-4-17(5-3-16)23(31)32/h2-10,12,34H,11,13-14H2,1H3,(H,25,29)(H,31,32). The zero-order valence-electron chi connectivity index (χ0n) is 18.3. The Kier molecular flexibility index (Phi) is 6.15. The van der Waals surface area contributed by atoms with Gasteiger partial charge in [-0.1, -0.05) is 18.2 Å². The van der Waals surface area contributed by atoms with Gasteiger partial charge in [-0.05, 0) is 47.5 Å². The molecule has 1 amide bonds. The second kappa shape index (κ2) is 9.20. The smallest absolute Gasteiger partial charge is 0.335 e. The molecule has 0 radical (unpaired) electrons. The number of hydrogen-bond donors (Lipinski definition) is 3. The van der Waals surface area contributed by atoms with Gasteiger partial charge in [0, 0.05) is 25.4 Å². The Bertz CT molecular complexity index is 1460. The largest absolute Gasteiger partial charge is 0.478 e. The van der Waals surface area contributed by atoms with Crippen molar-refractivity contribution in [2.75, 3.05) is 13.1 Å². The number of hydrogen-bond acceptors (Lipinski definition) is 6. The number of hydroxylamine groups is 2. The molecule has 0 bridgehead atoms. The van der Waals surface area contributed by atoms with Crippen LogP contribution in [0.4, 0.5) is 0 Å². The molecule has 34 heavy (non-hydrogen) atoms. The highest BCUT2D eigenvalue weighted by Crippen LogP contribution is 2.13. The molecule has 0 atom stereocenters. The van der Waals surface area contributed by atoms with E-state index in [1.807, 2.05) is 0 Å². The van der Waals surface area contributed by atoms with Crippen LogP contribution in [0.2, 0.25) is 0 Å². The Morgan fingerprint density at radius 3 is 2.41 bits per heavy atom. The van der Waals surface area contributed by atoms with Gasteiger partial charge in [0.15, 0.2) is 0 Å². The Morgan fingerprint density at radius 2 is 1.76 bits per heavy atom. The van der Waals surface area contributed by atoms with Crippen LogP contribution in [0.15, 0.2) is 76.0 Å². The van der Waals surface area contributed by atoms with E-state index in [4.69, 9.17) is 5.11 Å². The quantitative estimate of drug-likeness (QED) is 0.503. The van der Waals surface area contributed by atoms with Gasteiger partial charge in [0.1, 0.15) is 0 Å². The number of rotatable bonds is 6. The van der Waals surface area contributed by atoms with Gasteiger partial charge >= 0.3 is 11.7 Å². The molecule has 2 aromatic carbocycles. The lowest BCUT2D eigenvalue weighted by Crippen LogP contribution is -2.39. The van der Waals surface area contributed by atoms with Crippen LogP contribution in [0.25, 0.3) is 10.9 Å². The van der Waals surface area contributed by atoms with E-state index in [1.165, 1.54) is 29.0 Å². The molecule has 0 spiro atoms. The first-order valence-electron chi connectivity index (χ1n) is 10.4. The summed E-state index contributed by atoms with van der Waals surface area (Å²) in [6.45, 7) is 0.537. The number of carbonyl (C=O) groups is 2. The molecular weight excluding hydrogens is 440 g/mol. The van der Waals surface area contributed by atoms with Crippen molar-refractivity contribution in [3.63, 3.8) is 0 Å². The highest BCUT2D eigenvalue weighted by molar-refractivity contribution is 5.98. The monoisotopic (exact) mass is 462 g/mol. The third-order valence-electron chi connectivity index (χ3n) is 5.61. The molecule has 1 aliphatic rings. The average Bonchev–Trinajstić information content (AvgIpc) is 2.84. The van der Waals surface area contributed by atoms with E-state index >= 15 is 0 Å². The summed E-state index contributed by atoms with van der Waals surface area (Å²) in [6.07, 6.45) is 4.95. The molecular formula is C24H22N4O6. The lowest BCUT2D eigenvalue weighted by atomic mass is 10.1. The molecule has 2 heterocycles. The van der Waals surface area contributed by atoms with Gasteiger partial charge in [-0.25, -0.2) is 9.59 Å². The Hall–Kier alpha value is -4.44. The van der Waals surface area contributed by atoms with Crippen LogP contribution in [-0.4, -0.2) is 49.5 Å². The maximum Gasteiger partial charge on any atom is 0.335 e. The number of carboxylic acid groups (broad SMARTS) is 1. The van der Waals surface area contributed by atoms with Crippen molar-refractivity contribution in [3.05, 3.63) is 104 Å². The van der Waals surface area contributed by atoms with Crippen molar-refractivity contribution in [1.82, 2.24) is 19.5 Å². The highest BCUT2D eigenvalue weighted by Gasteiger charge is 2.15. The number of amides is 1. The molecule has 1 aliphatic heterocycles. The summed E-state index contributed by atoms with van der Waals surface area (Å²) in [5, 5.41) is 22.4. The molecule has 0 saturated carbocycles. The summed E-state index contributed by atoms with van der Waals surface area (Å²) in [5.74, 6) is -1.45. The van der Waals surface area contributed by atoms with Crippen LogP contribution in [0.3, 0.4) is 0 Å². The topological polar surface area (TPSA) is 134 Å². The fraction of sp³-hybridized carbons (Fsp3) is 0.167. The second-order valence-electron chi connectivity index (χ2n) is 7.87. The van der Waals surface area contributed by atoms with Crippen molar-refractivity contribution >= 4 is 22.8 Å². The highest BCUT2D eigenvalue weighted by atomic mass is 16.5. The second-order valence-corrected chi connectivity index (χ2v) is 7.87. The van der Waals surface area contributed by atoms with Gasteiger partial charge in [0.25, 0.3) is 11.5 Å². The first kappa shape index (κ1) is 22.7. The molecule has 0 fully saturated rings. The Balaban J connectivity index is 1.63. The molecule has 3 aromatic rings. The number of carboxylic acids is 1. The maximum atomic E-state index is 13.2. The fourth-order valence-corrected chi connectivity index (χ4v) is 3.67. The van der Waals surface area contributed by atoms with Gasteiger partial charge in [-0.2, -0.15) is 0 Å². The van der Waals surface area contributed by atoms with Crippen LogP contribution in [0.5, 0.6) is 0 Å². The summed E-state index contributed by atoms with van der Waals surface area (Å²) in [7, 11) is 1.54. The minimum absolute atomic E-state index is 0.0415. The average molecular weight is 462 g/mol. The molecule has 4 rings (SSSR count). The van der Waals surface area contributed by atoms with Gasteiger partial charge in [-0.15, -0.1) is 0 Å². The first-order valence-corrected chi connectivity index (χ1v) is 10.4. The van der Waals surface area contributed by atoms with Gasteiger partial charge in [0.2, 0.25) is 0 Å². The summed E-state index contributed by atoms with van der Waals surface area (Å²) < 4.78 is 2.39. The Labute approximate surface area is 193 Å². The third-order valence-corrected chi connectivity index (χ3v) is 5.61. The van der Waals surface area contributed by atoms with Crippen molar-refractivity contribution in [1.29, 1.82) is 0 Å². The SMILES string of the molecule is Cn1c(=O)n(Cc2ccc(C(=O)O)cc2)c(=O)c2cc(C(=O)NCC3=CCN(O)C=C3)ccc21. The van der Waals surface area contributed by atoms with Crippen LogP contribution in [0, 0.1) is 0 Å². The summed E-state index contributed by atoms with van der Waals surface area (Å²) in [6, 6.07) is 10.5. The Morgan fingerprint density at radius 1 is 1.06 bits per heavy atom. The van der Waals surface area contributed by atoms with Crippen LogP contribution < -0.4 is 16.6 Å². The lowest BCUT2D eigenvalue weighted by molar-refractivity contribution is -0.0306. The van der Waals surface area contributed by atoms with Crippen LogP contribution >= 0.6 is 0 Å². The van der Waals surface area contributed by atoms with Gasteiger partial charge < -0.3 is 10.4 Å². The maximum absolute atomic E-state index is 13.2. The van der Waals surface area contributed by atoms with Crippen molar-refractivity contribution in [3.8, 4) is 0 Å². The zero-order chi connectivity index (χ0) is 24.4. The van der Waals surface area contributed by atoms with Crippen LogP contribution in [-0.2, 0) is 13.6 Å². The van der Waals surface area contributed by atoms with E-state index in [0.717, 1.165) is 15.2 Å². The predicted octanol–water partition coefficient (Wildman–Crippen LogP) is 1.32. The number of fused-ring (bicyclic) bond motifs is 1. The number of aromatic carboxylic acids is 1.